The maximum Gasteiger partial charge on any atom is 0.342 e. The summed E-state index contributed by atoms with van der Waals surface area (Å²) in [4.78, 5) is 32.6. The molecule has 3 N–H and O–H groups in total. The van der Waals surface area contributed by atoms with Crippen LogP contribution in [0.3, 0.4) is 0 Å². The number of hydrogen-bond acceptors (Lipinski definition) is 5. The molecule has 0 spiro atoms. The van der Waals surface area contributed by atoms with Gasteiger partial charge in [-0.15, -0.1) is 0 Å². The van der Waals surface area contributed by atoms with E-state index in [0.29, 0.717) is 18.7 Å². The molecule has 0 aromatic heterocycles. The number of aromatic carboxylic acids is 1. The number of nitro groups is 1. The normalized spacial score (nSPS) is 18.2. The van der Waals surface area contributed by atoms with E-state index in [1.165, 1.54) is 6.07 Å². The maximum atomic E-state index is 11.6. The van der Waals surface area contributed by atoms with Crippen molar-refractivity contribution >= 4 is 23.3 Å². The molecule has 0 bridgehead atoms. The molecule has 8 heteroatoms. The largest absolute Gasteiger partial charge is 0.477 e. The number of piperidine rings is 1. The number of benzene rings is 1. The quantitative estimate of drug-likeness (QED) is 0.558. The first kappa shape index (κ1) is 13.8. The number of nitrogens with one attached hydrogen (secondary N) is 2. The summed E-state index contributed by atoms with van der Waals surface area (Å²) in [5, 5.41) is 25.3. The molecular formula is C12H13N3O5. The summed E-state index contributed by atoms with van der Waals surface area (Å²) >= 11 is 0. The van der Waals surface area contributed by atoms with E-state index in [9.17, 15) is 19.7 Å². The zero-order valence-corrected chi connectivity index (χ0v) is 10.5. The average Bonchev–Trinajstić information content (AvgIpc) is 2.41. The summed E-state index contributed by atoms with van der Waals surface area (Å²) in [6.07, 6.45) is 1.44. The summed E-state index contributed by atoms with van der Waals surface area (Å²) < 4.78 is 0. The molecule has 0 radical (unpaired) electrons. The Balaban J connectivity index is 2.25. The minimum Gasteiger partial charge on any atom is -0.477 e. The third-order valence-electron chi connectivity index (χ3n) is 3.05. The molecule has 1 aromatic carbocycles. The van der Waals surface area contributed by atoms with E-state index in [4.69, 9.17) is 5.11 Å². The van der Waals surface area contributed by atoms with Crippen molar-refractivity contribution in [2.24, 2.45) is 0 Å². The third kappa shape index (κ3) is 2.85. The van der Waals surface area contributed by atoms with Crippen molar-refractivity contribution in [3.8, 4) is 0 Å². The first-order valence-electron chi connectivity index (χ1n) is 6.05. The van der Waals surface area contributed by atoms with Crippen LogP contribution >= 0.6 is 0 Å². The molecule has 106 valence electrons. The Morgan fingerprint density at radius 1 is 1.50 bits per heavy atom. The lowest BCUT2D eigenvalue weighted by Gasteiger charge is -2.23. The number of anilines is 1. The minimum absolute atomic E-state index is 0.166. The van der Waals surface area contributed by atoms with Crippen LogP contribution in [0.4, 0.5) is 11.4 Å². The monoisotopic (exact) mass is 279 g/mol. The molecule has 1 aromatic rings. The van der Waals surface area contributed by atoms with E-state index >= 15 is 0 Å². The van der Waals surface area contributed by atoms with Gasteiger partial charge in [0.25, 0.3) is 5.69 Å². The summed E-state index contributed by atoms with van der Waals surface area (Å²) in [6.45, 7) is 0.620. The van der Waals surface area contributed by atoms with Crippen LogP contribution in [0.1, 0.15) is 23.2 Å². The number of carbonyl (C=O) groups is 2. The number of carboxylic acid groups (broad SMARTS) is 1. The highest BCUT2D eigenvalue weighted by atomic mass is 16.6. The number of carboxylic acids is 1. The lowest BCUT2D eigenvalue weighted by atomic mass is 10.1. The molecule has 1 aliphatic rings. The van der Waals surface area contributed by atoms with Crippen LogP contribution in [0, 0.1) is 10.1 Å². The number of hydrogen-bond donors (Lipinski definition) is 3. The molecule has 8 nitrogen and oxygen atoms in total. The molecule has 0 saturated carbocycles. The Bertz CT molecular complexity index is 572. The molecule has 1 amide bonds. The lowest BCUT2D eigenvalue weighted by molar-refractivity contribution is -0.385. The Morgan fingerprint density at radius 3 is 2.85 bits per heavy atom. The van der Waals surface area contributed by atoms with Crippen molar-refractivity contribution < 1.29 is 19.6 Å². The molecule has 2 rings (SSSR count). The number of nitrogens with zero attached hydrogens (tertiary/aromatic N) is 1. The van der Waals surface area contributed by atoms with Gasteiger partial charge in [0.2, 0.25) is 5.91 Å². The third-order valence-corrected chi connectivity index (χ3v) is 3.05. The number of amides is 1. The van der Waals surface area contributed by atoms with Gasteiger partial charge in [-0.2, -0.15) is 0 Å². The van der Waals surface area contributed by atoms with Gasteiger partial charge in [-0.05, 0) is 25.0 Å². The van der Waals surface area contributed by atoms with Crippen LogP contribution in [0.5, 0.6) is 0 Å². The predicted octanol–water partition coefficient (Wildman–Crippen LogP) is 0.983. The van der Waals surface area contributed by atoms with Gasteiger partial charge in [0, 0.05) is 18.3 Å². The highest BCUT2D eigenvalue weighted by Crippen LogP contribution is 2.24. The second-order valence-electron chi connectivity index (χ2n) is 4.42. The summed E-state index contributed by atoms with van der Waals surface area (Å²) in [7, 11) is 0. The minimum atomic E-state index is -1.36. The van der Waals surface area contributed by atoms with Gasteiger partial charge >= 0.3 is 5.97 Å². The van der Waals surface area contributed by atoms with Gasteiger partial charge in [0.05, 0.1) is 4.92 Å². The van der Waals surface area contributed by atoms with Crippen molar-refractivity contribution in [3.05, 3.63) is 33.9 Å². The fourth-order valence-corrected chi connectivity index (χ4v) is 2.06. The number of rotatable bonds is 4. The number of carbonyl (C=O) groups excluding carboxylic acids is 1. The Labute approximate surface area is 113 Å². The highest BCUT2D eigenvalue weighted by molar-refractivity contribution is 5.93. The SMILES string of the molecule is O=C(O)c1ccc(NC2CCCNC2=O)cc1[N+](=O)[O-]. The van der Waals surface area contributed by atoms with E-state index < -0.39 is 22.6 Å². The Hall–Kier alpha value is -2.64. The van der Waals surface area contributed by atoms with E-state index in [2.05, 4.69) is 10.6 Å². The second-order valence-corrected chi connectivity index (χ2v) is 4.42. The fourth-order valence-electron chi connectivity index (χ4n) is 2.06. The molecule has 20 heavy (non-hydrogen) atoms. The van der Waals surface area contributed by atoms with Crippen molar-refractivity contribution in [2.45, 2.75) is 18.9 Å². The van der Waals surface area contributed by atoms with Crippen LogP contribution in [0.2, 0.25) is 0 Å². The molecule has 1 saturated heterocycles. The first-order valence-corrected chi connectivity index (χ1v) is 6.05. The number of nitro benzene ring substituents is 1. The zero-order valence-electron chi connectivity index (χ0n) is 10.5. The van der Waals surface area contributed by atoms with E-state index in [1.54, 1.807) is 0 Å². The molecular weight excluding hydrogens is 266 g/mol. The van der Waals surface area contributed by atoms with Gasteiger partial charge in [-0.25, -0.2) is 4.79 Å². The van der Waals surface area contributed by atoms with Gasteiger partial charge in [-0.3, -0.25) is 14.9 Å². The molecule has 0 aliphatic carbocycles. The van der Waals surface area contributed by atoms with Crippen molar-refractivity contribution in [1.29, 1.82) is 0 Å². The molecule has 1 atom stereocenters. The van der Waals surface area contributed by atoms with Crippen molar-refractivity contribution in [3.63, 3.8) is 0 Å². The lowest BCUT2D eigenvalue weighted by Crippen LogP contribution is -2.44. The van der Waals surface area contributed by atoms with Crippen LogP contribution < -0.4 is 10.6 Å². The standard InChI is InChI=1S/C12H13N3O5/c16-11-9(2-1-5-13-11)14-7-3-4-8(12(17)18)10(6-7)15(19)20/h3-4,6,9,14H,1-2,5H2,(H,13,16)(H,17,18). The second kappa shape index (κ2) is 5.55. The average molecular weight is 279 g/mol. The summed E-state index contributed by atoms with van der Waals surface area (Å²) in [5.74, 6) is -1.53. The predicted molar refractivity (Wildman–Crippen MR) is 69.7 cm³/mol. The van der Waals surface area contributed by atoms with Gasteiger partial charge in [0.15, 0.2) is 0 Å². The van der Waals surface area contributed by atoms with Gasteiger partial charge < -0.3 is 15.7 Å². The van der Waals surface area contributed by atoms with E-state index in [1.807, 2.05) is 0 Å². The first-order chi connectivity index (χ1) is 9.49. The van der Waals surface area contributed by atoms with Gasteiger partial charge in [0.1, 0.15) is 11.6 Å². The molecule has 1 aliphatic heterocycles. The fraction of sp³-hybridized carbons (Fsp3) is 0.333. The van der Waals surface area contributed by atoms with Gasteiger partial charge in [-0.1, -0.05) is 0 Å². The summed E-state index contributed by atoms with van der Waals surface area (Å²) in [6, 6.07) is 3.24. The topological polar surface area (TPSA) is 122 Å². The summed E-state index contributed by atoms with van der Waals surface area (Å²) in [5.41, 5.74) is -0.531. The van der Waals surface area contributed by atoms with Crippen molar-refractivity contribution in [2.75, 3.05) is 11.9 Å². The van der Waals surface area contributed by atoms with Crippen molar-refractivity contribution in [1.82, 2.24) is 5.32 Å². The van der Waals surface area contributed by atoms with Crippen LogP contribution in [-0.4, -0.2) is 34.5 Å². The molecule has 1 fully saturated rings. The zero-order chi connectivity index (χ0) is 14.7. The molecule has 1 unspecified atom stereocenters. The maximum absolute atomic E-state index is 11.6. The molecule has 1 heterocycles. The van der Waals surface area contributed by atoms with Crippen LogP contribution in [-0.2, 0) is 4.79 Å². The van der Waals surface area contributed by atoms with E-state index in [0.717, 1.165) is 18.6 Å². The van der Waals surface area contributed by atoms with Crippen LogP contribution in [0.15, 0.2) is 18.2 Å². The van der Waals surface area contributed by atoms with E-state index in [-0.39, 0.29) is 11.5 Å². The highest BCUT2D eigenvalue weighted by Gasteiger charge is 2.24. The Morgan fingerprint density at radius 2 is 2.25 bits per heavy atom. The Kier molecular flexibility index (Phi) is 3.83. The van der Waals surface area contributed by atoms with Crippen LogP contribution in [0.25, 0.3) is 0 Å². The smallest absolute Gasteiger partial charge is 0.342 e.